The molecule has 132 valence electrons. The monoisotopic (exact) mass is 369 g/mol. The first-order valence-corrected chi connectivity index (χ1v) is 8.81. The van der Waals surface area contributed by atoms with Gasteiger partial charge in [-0.25, -0.2) is 8.42 Å². The zero-order valence-corrected chi connectivity index (χ0v) is 14.1. The number of sulfonamides is 1. The zero-order valence-electron chi connectivity index (χ0n) is 13.3. The molecule has 5 nitrogen and oxygen atoms in total. The molecule has 0 aliphatic rings. The lowest BCUT2D eigenvalue weighted by Crippen LogP contribution is -2.12. The second-order valence-corrected chi connectivity index (χ2v) is 7.27. The van der Waals surface area contributed by atoms with Gasteiger partial charge in [0.05, 0.1) is 29.1 Å². The van der Waals surface area contributed by atoms with E-state index in [4.69, 9.17) is 11.0 Å². The van der Waals surface area contributed by atoms with Crippen molar-refractivity contribution in [1.29, 1.82) is 5.26 Å². The third-order valence-corrected chi connectivity index (χ3v) is 3.97. The van der Waals surface area contributed by atoms with Crippen molar-refractivity contribution in [1.82, 2.24) is 0 Å². The first-order valence-electron chi connectivity index (χ1n) is 6.92. The van der Waals surface area contributed by atoms with Gasteiger partial charge in [-0.05, 0) is 31.2 Å². The fourth-order valence-corrected chi connectivity index (χ4v) is 2.92. The molecule has 0 bridgehead atoms. The van der Waals surface area contributed by atoms with Gasteiger partial charge in [0.1, 0.15) is 0 Å². The van der Waals surface area contributed by atoms with Crippen LogP contribution in [0.15, 0.2) is 30.3 Å². The molecule has 2 aromatic rings. The maximum absolute atomic E-state index is 13.2. The number of nitriles is 1. The molecule has 9 heteroatoms. The van der Waals surface area contributed by atoms with E-state index < -0.39 is 27.3 Å². The van der Waals surface area contributed by atoms with E-state index in [-0.39, 0.29) is 22.5 Å². The maximum atomic E-state index is 13.2. The van der Waals surface area contributed by atoms with E-state index in [1.54, 1.807) is 13.0 Å². The van der Waals surface area contributed by atoms with Gasteiger partial charge in [-0.1, -0.05) is 11.6 Å². The third-order valence-electron chi connectivity index (χ3n) is 3.38. The highest BCUT2D eigenvalue weighted by Gasteiger charge is 2.34. The van der Waals surface area contributed by atoms with Crippen molar-refractivity contribution in [3.63, 3.8) is 0 Å². The molecule has 25 heavy (non-hydrogen) atoms. The number of hydrogen-bond donors (Lipinski definition) is 2. The lowest BCUT2D eigenvalue weighted by Gasteiger charge is -2.17. The molecular weight excluding hydrogens is 355 g/mol. The molecule has 0 aliphatic heterocycles. The van der Waals surface area contributed by atoms with Crippen molar-refractivity contribution >= 4 is 21.4 Å². The van der Waals surface area contributed by atoms with E-state index >= 15 is 0 Å². The molecule has 2 aromatic carbocycles. The summed E-state index contributed by atoms with van der Waals surface area (Å²) in [6.07, 6.45) is -3.82. The van der Waals surface area contributed by atoms with E-state index in [2.05, 4.69) is 4.72 Å². The number of alkyl halides is 3. The minimum absolute atomic E-state index is 0.0128. The summed E-state index contributed by atoms with van der Waals surface area (Å²) in [6.45, 7) is 1.71. The molecule has 0 heterocycles. The molecule has 0 radical (unpaired) electrons. The molecule has 0 spiro atoms. The summed E-state index contributed by atoms with van der Waals surface area (Å²) in [5.74, 6) is 0. The summed E-state index contributed by atoms with van der Waals surface area (Å²) < 4.78 is 64.9. The largest absolute Gasteiger partial charge is 0.417 e. The minimum atomic E-state index is -4.75. The number of nitrogens with one attached hydrogen (secondary N) is 1. The Bertz CT molecular complexity index is 977. The van der Waals surface area contributed by atoms with Crippen LogP contribution < -0.4 is 10.5 Å². The summed E-state index contributed by atoms with van der Waals surface area (Å²) in [5, 5.41) is 8.92. The predicted molar refractivity (Wildman–Crippen MR) is 89.2 cm³/mol. The Morgan fingerprint density at radius 1 is 1.16 bits per heavy atom. The minimum Gasteiger partial charge on any atom is -0.398 e. The standard InChI is InChI=1S/C16H14F3N3O2S/c1-9-3-4-15(22-25(2,23)24)12(5-9)11-7-13(16(17,18)19)10(8-20)6-14(11)21/h3-7,22H,21H2,1-2H3. The molecule has 0 saturated heterocycles. The fraction of sp³-hybridized carbons (Fsp3) is 0.188. The van der Waals surface area contributed by atoms with E-state index in [9.17, 15) is 21.6 Å². The van der Waals surface area contributed by atoms with Gasteiger partial charge in [0, 0.05) is 16.8 Å². The van der Waals surface area contributed by atoms with Gasteiger partial charge in [-0.3, -0.25) is 4.72 Å². The van der Waals surface area contributed by atoms with Crippen LogP contribution in [0, 0.1) is 18.3 Å². The van der Waals surface area contributed by atoms with Gasteiger partial charge in [-0.2, -0.15) is 18.4 Å². The molecule has 0 fully saturated rings. The average Bonchev–Trinajstić information content (AvgIpc) is 2.46. The number of benzene rings is 2. The molecular formula is C16H14F3N3O2S. The number of nitrogens with two attached hydrogens (primary N) is 1. The number of hydrogen-bond acceptors (Lipinski definition) is 4. The molecule has 0 atom stereocenters. The van der Waals surface area contributed by atoms with Gasteiger partial charge in [0.25, 0.3) is 0 Å². The topological polar surface area (TPSA) is 96.0 Å². The Hall–Kier alpha value is -2.73. The first kappa shape index (κ1) is 18.6. The number of aryl methyl sites for hydroxylation is 1. The summed E-state index contributed by atoms with van der Waals surface area (Å²) >= 11 is 0. The van der Waals surface area contributed by atoms with Crippen molar-refractivity contribution in [2.24, 2.45) is 0 Å². The van der Waals surface area contributed by atoms with E-state index in [1.807, 2.05) is 0 Å². The highest BCUT2D eigenvalue weighted by Crippen LogP contribution is 2.40. The quantitative estimate of drug-likeness (QED) is 0.809. The van der Waals surface area contributed by atoms with Crippen molar-refractivity contribution in [3.8, 4) is 17.2 Å². The Balaban J connectivity index is 2.79. The number of nitrogen functional groups attached to an aromatic ring is 1. The molecule has 3 N–H and O–H groups in total. The summed E-state index contributed by atoms with van der Waals surface area (Å²) in [6, 6.07) is 7.74. The smallest absolute Gasteiger partial charge is 0.398 e. The van der Waals surface area contributed by atoms with Crippen molar-refractivity contribution in [2.45, 2.75) is 13.1 Å². The van der Waals surface area contributed by atoms with Crippen LogP contribution in [0.3, 0.4) is 0 Å². The van der Waals surface area contributed by atoms with Gasteiger partial charge in [0.2, 0.25) is 10.0 Å². The van der Waals surface area contributed by atoms with Crippen molar-refractivity contribution in [3.05, 3.63) is 47.0 Å². The molecule has 2 rings (SSSR count). The van der Waals surface area contributed by atoms with Crippen LogP contribution in [-0.4, -0.2) is 14.7 Å². The SMILES string of the molecule is Cc1ccc(NS(C)(=O)=O)c(-c2cc(C(F)(F)F)c(C#N)cc2N)c1. The predicted octanol–water partition coefficient (Wildman–Crippen LogP) is 3.51. The summed E-state index contributed by atoms with van der Waals surface area (Å²) in [7, 11) is -3.65. The second kappa shape index (κ2) is 6.29. The van der Waals surface area contributed by atoms with Gasteiger partial charge in [0.15, 0.2) is 0 Å². The molecule has 0 saturated carbocycles. The summed E-state index contributed by atoms with van der Waals surface area (Å²) in [5.41, 5.74) is 5.01. The van der Waals surface area contributed by atoms with E-state index in [0.29, 0.717) is 5.56 Å². The highest BCUT2D eigenvalue weighted by molar-refractivity contribution is 7.92. The average molecular weight is 369 g/mol. The van der Waals surface area contributed by atoms with Crippen LogP contribution in [0.2, 0.25) is 0 Å². The van der Waals surface area contributed by atoms with Crippen LogP contribution in [0.4, 0.5) is 24.5 Å². The molecule has 0 aliphatic carbocycles. The number of rotatable bonds is 3. The van der Waals surface area contributed by atoms with Crippen LogP contribution in [0.1, 0.15) is 16.7 Å². The fourth-order valence-electron chi connectivity index (χ4n) is 2.35. The Morgan fingerprint density at radius 3 is 2.32 bits per heavy atom. The number of halogens is 3. The number of nitrogens with zero attached hydrogens (tertiary/aromatic N) is 1. The Labute approximate surface area is 142 Å². The normalized spacial score (nSPS) is 11.8. The van der Waals surface area contributed by atoms with Crippen molar-refractivity contribution in [2.75, 3.05) is 16.7 Å². The van der Waals surface area contributed by atoms with Crippen molar-refractivity contribution < 1.29 is 21.6 Å². The van der Waals surface area contributed by atoms with Gasteiger partial charge < -0.3 is 5.73 Å². The molecule has 0 unspecified atom stereocenters. The summed E-state index contributed by atoms with van der Waals surface area (Å²) in [4.78, 5) is 0. The van der Waals surface area contributed by atoms with Crippen LogP contribution in [-0.2, 0) is 16.2 Å². The lowest BCUT2D eigenvalue weighted by atomic mass is 9.95. The van der Waals surface area contributed by atoms with Crippen LogP contribution in [0.5, 0.6) is 0 Å². The Kier molecular flexibility index (Phi) is 4.68. The molecule has 0 amide bonds. The van der Waals surface area contributed by atoms with Crippen LogP contribution in [0.25, 0.3) is 11.1 Å². The highest BCUT2D eigenvalue weighted by atomic mass is 32.2. The van der Waals surface area contributed by atoms with E-state index in [1.165, 1.54) is 18.2 Å². The van der Waals surface area contributed by atoms with Gasteiger partial charge in [-0.15, -0.1) is 0 Å². The van der Waals surface area contributed by atoms with Gasteiger partial charge >= 0.3 is 6.18 Å². The molecule has 0 aromatic heterocycles. The second-order valence-electron chi connectivity index (χ2n) is 5.52. The van der Waals surface area contributed by atoms with E-state index in [0.717, 1.165) is 18.4 Å². The zero-order chi connectivity index (χ0) is 19.0. The maximum Gasteiger partial charge on any atom is 0.417 e. The Morgan fingerprint density at radius 2 is 1.80 bits per heavy atom. The number of anilines is 2. The van der Waals surface area contributed by atoms with Crippen LogP contribution >= 0.6 is 0 Å². The first-order chi connectivity index (χ1) is 11.4. The lowest BCUT2D eigenvalue weighted by molar-refractivity contribution is -0.137. The third kappa shape index (κ3) is 4.22.